The van der Waals surface area contributed by atoms with Crippen molar-refractivity contribution < 1.29 is 13.2 Å². The van der Waals surface area contributed by atoms with Crippen LogP contribution in [-0.2, 0) is 0 Å². The summed E-state index contributed by atoms with van der Waals surface area (Å²) in [5.41, 5.74) is 0. The summed E-state index contributed by atoms with van der Waals surface area (Å²) in [5.74, 6) is 0. The molecule has 1 aliphatic heterocycles. The molecule has 0 amide bonds. The molecule has 0 radical (unpaired) electrons. The lowest BCUT2D eigenvalue weighted by Crippen LogP contribution is -2.28. The molecule has 0 aromatic heterocycles. The third kappa shape index (κ3) is 2.39. The zero-order valence-electron chi connectivity index (χ0n) is 5.28. The molecule has 1 rings (SSSR count). The van der Waals surface area contributed by atoms with Gasteiger partial charge in [-0.15, -0.1) is 0 Å². The first kappa shape index (κ1) is 7.60. The monoisotopic (exact) mass is 151 g/mol. The first-order valence-electron chi connectivity index (χ1n) is 3.05. The van der Waals surface area contributed by atoms with Gasteiger partial charge in [0.15, 0.2) is 0 Å². The number of nitrogens with one attached hydrogen (secondary N) is 1. The normalized spacial score (nSPS) is 25.7. The number of rotatable bonds is 1. The van der Waals surface area contributed by atoms with E-state index in [2.05, 4.69) is 5.32 Å². The second-order valence-corrected chi connectivity index (χ2v) is 2.26. The van der Waals surface area contributed by atoms with Crippen LogP contribution < -0.4 is 5.32 Å². The maximum Gasteiger partial charge on any atom is 0.390 e. The van der Waals surface area contributed by atoms with Crippen molar-refractivity contribution in [2.24, 2.45) is 0 Å². The van der Waals surface area contributed by atoms with Crippen molar-refractivity contribution in [1.29, 1.82) is 0 Å². The molecule has 1 heterocycles. The maximum atomic E-state index is 11.6. The smallest absolute Gasteiger partial charge is 0.307 e. The van der Waals surface area contributed by atoms with E-state index in [1.807, 2.05) is 0 Å². The van der Waals surface area contributed by atoms with E-state index < -0.39 is 18.6 Å². The van der Waals surface area contributed by atoms with E-state index >= 15 is 0 Å². The van der Waals surface area contributed by atoms with E-state index in [1.165, 1.54) is 0 Å². The molecule has 0 aromatic rings. The highest BCUT2D eigenvalue weighted by Crippen LogP contribution is 2.22. The van der Waals surface area contributed by atoms with Gasteiger partial charge in [-0.3, -0.25) is 0 Å². The van der Waals surface area contributed by atoms with Crippen LogP contribution in [0.5, 0.6) is 0 Å². The van der Waals surface area contributed by atoms with Gasteiger partial charge in [-0.2, -0.15) is 13.2 Å². The summed E-state index contributed by atoms with van der Waals surface area (Å²) < 4.78 is 34.9. The Bertz CT molecular complexity index is 138. The second-order valence-electron chi connectivity index (χ2n) is 2.26. The Morgan fingerprint density at radius 2 is 2.20 bits per heavy atom. The van der Waals surface area contributed by atoms with Gasteiger partial charge >= 0.3 is 6.18 Å². The minimum atomic E-state index is -4.05. The molecule has 0 saturated carbocycles. The number of halogens is 3. The Morgan fingerprint density at radius 3 is 2.60 bits per heavy atom. The highest BCUT2D eigenvalue weighted by molar-refractivity contribution is 5.02. The van der Waals surface area contributed by atoms with E-state index in [9.17, 15) is 13.2 Å². The quantitative estimate of drug-likeness (QED) is 0.559. The Balaban J connectivity index is 2.31. The van der Waals surface area contributed by atoms with Crippen LogP contribution in [0.3, 0.4) is 0 Å². The Labute approximate surface area is 56.9 Å². The number of hydrogen-bond acceptors (Lipinski definition) is 1. The molecule has 4 heteroatoms. The summed E-state index contributed by atoms with van der Waals surface area (Å²) in [6.07, 6.45) is -1.56. The van der Waals surface area contributed by atoms with Crippen molar-refractivity contribution >= 4 is 0 Å². The second kappa shape index (κ2) is 2.62. The van der Waals surface area contributed by atoms with Gasteiger partial charge in [0.2, 0.25) is 0 Å². The van der Waals surface area contributed by atoms with Gasteiger partial charge in [0.05, 0.1) is 6.42 Å². The average Bonchev–Trinajstić information content (AvgIpc) is 2.12. The van der Waals surface area contributed by atoms with Gasteiger partial charge in [0.25, 0.3) is 0 Å². The third-order valence-corrected chi connectivity index (χ3v) is 1.32. The van der Waals surface area contributed by atoms with Crippen molar-refractivity contribution in [2.45, 2.75) is 18.6 Å². The lowest BCUT2D eigenvalue weighted by Gasteiger charge is -2.11. The summed E-state index contributed by atoms with van der Waals surface area (Å²) in [6.45, 7) is 0.556. The molecule has 1 nitrogen and oxygen atoms in total. The molecule has 0 spiro atoms. The molecule has 1 aliphatic rings. The standard InChI is InChI=1S/C6H8F3N/c7-6(8,9)4-5-2-1-3-10-5/h1-2,5,10H,3-4H2. The lowest BCUT2D eigenvalue weighted by molar-refractivity contribution is -0.137. The highest BCUT2D eigenvalue weighted by atomic mass is 19.4. The summed E-state index contributed by atoms with van der Waals surface area (Å²) in [4.78, 5) is 0. The first-order valence-corrected chi connectivity index (χ1v) is 3.05. The van der Waals surface area contributed by atoms with Crippen LogP contribution in [0.25, 0.3) is 0 Å². The minimum Gasteiger partial charge on any atom is -0.307 e. The fourth-order valence-corrected chi connectivity index (χ4v) is 0.909. The highest BCUT2D eigenvalue weighted by Gasteiger charge is 2.31. The Morgan fingerprint density at radius 1 is 1.50 bits per heavy atom. The molecule has 0 fully saturated rings. The van der Waals surface area contributed by atoms with E-state index in [1.54, 1.807) is 12.2 Å². The van der Waals surface area contributed by atoms with Gasteiger partial charge in [-0.05, 0) is 0 Å². The zero-order chi connectivity index (χ0) is 7.61. The minimum absolute atomic E-state index is 0.500. The zero-order valence-corrected chi connectivity index (χ0v) is 5.28. The molecular formula is C6H8F3N. The summed E-state index contributed by atoms with van der Waals surface area (Å²) in [5, 5.41) is 2.68. The van der Waals surface area contributed by atoms with Crippen LogP contribution in [0.15, 0.2) is 12.2 Å². The molecule has 10 heavy (non-hydrogen) atoms. The fourth-order valence-electron chi connectivity index (χ4n) is 0.909. The van der Waals surface area contributed by atoms with Crippen molar-refractivity contribution in [1.82, 2.24) is 5.32 Å². The molecule has 1 N–H and O–H groups in total. The van der Waals surface area contributed by atoms with Gasteiger partial charge in [-0.1, -0.05) is 12.2 Å². The molecule has 58 valence electrons. The Kier molecular flexibility index (Phi) is 1.99. The number of alkyl halides is 3. The topological polar surface area (TPSA) is 12.0 Å². The Hall–Kier alpha value is -0.510. The van der Waals surface area contributed by atoms with Gasteiger partial charge in [0.1, 0.15) is 0 Å². The van der Waals surface area contributed by atoms with Gasteiger partial charge < -0.3 is 5.32 Å². The molecular weight excluding hydrogens is 143 g/mol. The average molecular weight is 151 g/mol. The van der Waals surface area contributed by atoms with E-state index in [-0.39, 0.29) is 0 Å². The molecule has 0 bridgehead atoms. The number of hydrogen-bond donors (Lipinski definition) is 1. The van der Waals surface area contributed by atoms with Crippen LogP contribution in [0.1, 0.15) is 6.42 Å². The van der Waals surface area contributed by atoms with Gasteiger partial charge in [-0.25, -0.2) is 0 Å². The van der Waals surface area contributed by atoms with Crippen molar-refractivity contribution in [3.63, 3.8) is 0 Å². The molecule has 1 atom stereocenters. The van der Waals surface area contributed by atoms with Crippen molar-refractivity contribution in [2.75, 3.05) is 6.54 Å². The molecule has 0 saturated heterocycles. The van der Waals surface area contributed by atoms with Crippen molar-refractivity contribution in [3.8, 4) is 0 Å². The SMILES string of the molecule is FC(F)(F)CC1C=CCN1. The largest absolute Gasteiger partial charge is 0.390 e. The molecule has 1 unspecified atom stereocenters. The van der Waals surface area contributed by atoms with Crippen LogP contribution >= 0.6 is 0 Å². The molecule has 0 aromatic carbocycles. The summed E-state index contributed by atoms with van der Waals surface area (Å²) in [7, 11) is 0. The predicted molar refractivity (Wildman–Crippen MR) is 31.6 cm³/mol. The summed E-state index contributed by atoms with van der Waals surface area (Å²) >= 11 is 0. The van der Waals surface area contributed by atoms with Crippen LogP contribution in [0, 0.1) is 0 Å². The van der Waals surface area contributed by atoms with Crippen molar-refractivity contribution in [3.05, 3.63) is 12.2 Å². The van der Waals surface area contributed by atoms with E-state index in [0.29, 0.717) is 6.54 Å². The van der Waals surface area contributed by atoms with Crippen LogP contribution in [0.2, 0.25) is 0 Å². The summed E-state index contributed by atoms with van der Waals surface area (Å²) in [6, 6.07) is -0.500. The maximum absolute atomic E-state index is 11.6. The van der Waals surface area contributed by atoms with E-state index in [0.717, 1.165) is 0 Å². The lowest BCUT2D eigenvalue weighted by atomic mass is 10.2. The first-order chi connectivity index (χ1) is 4.58. The molecule has 0 aliphatic carbocycles. The predicted octanol–water partition coefficient (Wildman–Crippen LogP) is 1.47. The van der Waals surface area contributed by atoms with Crippen LogP contribution in [0.4, 0.5) is 13.2 Å². The van der Waals surface area contributed by atoms with Gasteiger partial charge in [0, 0.05) is 12.6 Å². The third-order valence-electron chi connectivity index (χ3n) is 1.32. The van der Waals surface area contributed by atoms with Crippen LogP contribution in [-0.4, -0.2) is 18.8 Å². The van der Waals surface area contributed by atoms with E-state index in [4.69, 9.17) is 0 Å². The fraction of sp³-hybridized carbons (Fsp3) is 0.667.